The van der Waals surface area contributed by atoms with Gasteiger partial charge in [-0.25, -0.2) is 12.8 Å². The molecule has 9 heteroatoms. The van der Waals surface area contributed by atoms with E-state index in [1.165, 1.54) is 18.3 Å². The van der Waals surface area contributed by atoms with Gasteiger partial charge in [-0.1, -0.05) is 0 Å². The number of nitrogens with zero attached hydrogens (tertiary/aromatic N) is 2. The molecule has 0 saturated heterocycles. The fraction of sp³-hybridized carbons (Fsp3) is 0.273. The average Bonchev–Trinajstić information content (AvgIpc) is 2.85. The lowest BCUT2D eigenvalue weighted by Crippen LogP contribution is -2.14. The molecule has 0 bridgehead atoms. The first-order chi connectivity index (χ1) is 9.41. The third-order valence-corrected chi connectivity index (χ3v) is 3.49. The van der Waals surface area contributed by atoms with Crippen molar-refractivity contribution in [2.24, 2.45) is 0 Å². The van der Waals surface area contributed by atoms with Gasteiger partial charge in [-0.3, -0.25) is 10.1 Å². The van der Waals surface area contributed by atoms with Gasteiger partial charge < -0.3 is 9.84 Å². The molecule has 7 nitrogen and oxygen atoms in total. The molecule has 2 aromatic rings. The van der Waals surface area contributed by atoms with Gasteiger partial charge in [0.1, 0.15) is 5.82 Å². The molecule has 20 heavy (non-hydrogen) atoms. The monoisotopic (exact) mass is 301 g/mol. The average molecular weight is 301 g/mol. The molecule has 0 aromatic carbocycles. The zero-order chi connectivity index (χ0) is 14.8. The number of aromatic amines is 1. The van der Waals surface area contributed by atoms with Crippen molar-refractivity contribution in [3.05, 3.63) is 36.0 Å². The molecule has 1 unspecified atom stereocenters. The number of pyridine rings is 1. The van der Waals surface area contributed by atoms with Gasteiger partial charge in [-0.2, -0.15) is 5.10 Å². The van der Waals surface area contributed by atoms with Gasteiger partial charge in [-0.15, -0.1) is 0 Å². The van der Waals surface area contributed by atoms with Crippen LogP contribution >= 0.6 is 0 Å². The maximum absolute atomic E-state index is 12.8. The Kier molecular flexibility index (Phi) is 4.00. The molecular formula is C11H12FN3O4S. The Labute approximate surface area is 114 Å². The number of hydrogen-bond acceptors (Lipinski definition) is 6. The number of aliphatic hydroxyl groups is 1. The van der Waals surface area contributed by atoms with E-state index in [9.17, 15) is 17.9 Å². The van der Waals surface area contributed by atoms with Crippen LogP contribution in [0.4, 0.5) is 4.39 Å². The summed E-state index contributed by atoms with van der Waals surface area (Å²) in [4.78, 5) is 3.78. The fourth-order valence-corrected chi connectivity index (χ4v) is 2.22. The zero-order valence-corrected chi connectivity index (χ0v) is 11.3. The molecule has 1 atom stereocenters. The highest BCUT2D eigenvalue weighted by Gasteiger charge is 2.21. The number of aliphatic hydroxyl groups excluding tert-OH is 1. The molecule has 108 valence electrons. The third-order valence-electron chi connectivity index (χ3n) is 2.46. The number of nitrogens with one attached hydrogen (secondary N) is 1. The van der Waals surface area contributed by atoms with Crippen LogP contribution in [-0.4, -0.2) is 41.6 Å². The van der Waals surface area contributed by atoms with Crippen molar-refractivity contribution >= 4 is 9.84 Å². The quantitative estimate of drug-likeness (QED) is 0.831. The van der Waals surface area contributed by atoms with Gasteiger partial charge in [0.2, 0.25) is 0 Å². The normalized spacial score (nSPS) is 13.2. The van der Waals surface area contributed by atoms with Gasteiger partial charge in [0.15, 0.2) is 26.7 Å². The van der Waals surface area contributed by atoms with Crippen LogP contribution in [0.3, 0.4) is 0 Å². The Morgan fingerprint density at radius 2 is 2.20 bits per heavy atom. The zero-order valence-electron chi connectivity index (χ0n) is 10.4. The van der Waals surface area contributed by atoms with Crippen LogP contribution in [-0.2, 0) is 9.84 Å². The summed E-state index contributed by atoms with van der Waals surface area (Å²) >= 11 is 0. The molecule has 2 N–H and O–H groups in total. The van der Waals surface area contributed by atoms with Crippen molar-refractivity contribution in [2.75, 3.05) is 12.9 Å². The third kappa shape index (κ3) is 3.11. The molecule has 0 aliphatic carbocycles. The highest BCUT2D eigenvalue weighted by Crippen LogP contribution is 2.25. The highest BCUT2D eigenvalue weighted by atomic mass is 32.2. The summed E-state index contributed by atoms with van der Waals surface area (Å²) in [5, 5.41) is 15.0. The Morgan fingerprint density at radius 3 is 2.75 bits per heavy atom. The topological polar surface area (TPSA) is 105 Å². The molecule has 0 radical (unpaired) electrons. The smallest absolute Gasteiger partial charge is 0.195 e. The van der Waals surface area contributed by atoms with Crippen molar-refractivity contribution in [1.29, 1.82) is 0 Å². The van der Waals surface area contributed by atoms with E-state index in [4.69, 9.17) is 4.74 Å². The molecular weight excluding hydrogens is 289 g/mol. The van der Waals surface area contributed by atoms with Gasteiger partial charge in [-0.05, 0) is 12.1 Å². The van der Waals surface area contributed by atoms with Crippen LogP contribution in [0.25, 0.3) is 0 Å². The Hall–Kier alpha value is -2.00. The van der Waals surface area contributed by atoms with Crippen LogP contribution in [0.5, 0.6) is 5.75 Å². The number of rotatable bonds is 5. The molecule has 0 aliphatic heterocycles. The molecule has 0 saturated carbocycles. The number of ether oxygens (including phenoxy) is 1. The van der Waals surface area contributed by atoms with Crippen LogP contribution < -0.4 is 4.74 Å². The van der Waals surface area contributed by atoms with E-state index in [0.29, 0.717) is 0 Å². The maximum Gasteiger partial charge on any atom is 0.195 e. The van der Waals surface area contributed by atoms with E-state index in [0.717, 1.165) is 12.5 Å². The van der Waals surface area contributed by atoms with Gasteiger partial charge in [0.05, 0.1) is 24.7 Å². The Morgan fingerprint density at radius 1 is 1.45 bits per heavy atom. The second-order valence-corrected chi connectivity index (χ2v) is 5.98. The molecule has 0 aliphatic rings. The molecule has 2 heterocycles. The SMILES string of the molecule is CS(=O)(=O)c1[nH]ncc1OC(CO)c1ccc(F)cn1. The van der Waals surface area contributed by atoms with E-state index in [1.54, 1.807) is 0 Å². The summed E-state index contributed by atoms with van der Waals surface area (Å²) in [6.07, 6.45) is 2.24. The van der Waals surface area contributed by atoms with Crippen molar-refractivity contribution < 1.29 is 22.7 Å². The summed E-state index contributed by atoms with van der Waals surface area (Å²) in [6, 6.07) is 2.51. The number of hydrogen-bond donors (Lipinski definition) is 2. The van der Waals surface area contributed by atoms with E-state index >= 15 is 0 Å². The minimum absolute atomic E-state index is 0.0299. The minimum atomic E-state index is -3.54. The molecule has 0 fully saturated rings. The lowest BCUT2D eigenvalue weighted by atomic mass is 10.2. The fourth-order valence-electron chi connectivity index (χ4n) is 1.53. The lowest BCUT2D eigenvalue weighted by Gasteiger charge is -2.15. The van der Waals surface area contributed by atoms with E-state index in [1.807, 2.05) is 0 Å². The minimum Gasteiger partial charge on any atom is -0.477 e. The van der Waals surface area contributed by atoms with Crippen molar-refractivity contribution in [2.45, 2.75) is 11.1 Å². The molecule has 2 aromatic heterocycles. The van der Waals surface area contributed by atoms with E-state index in [2.05, 4.69) is 15.2 Å². The number of sulfone groups is 1. The van der Waals surface area contributed by atoms with E-state index in [-0.39, 0.29) is 16.5 Å². The predicted molar refractivity (Wildman–Crippen MR) is 66.3 cm³/mol. The van der Waals surface area contributed by atoms with Gasteiger partial charge in [0, 0.05) is 6.26 Å². The highest BCUT2D eigenvalue weighted by molar-refractivity contribution is 7.90. The summed E-state index contributed by atoms with van der Waals surface area (Å²) < 4.78 is 41.1. The first-order valence-electron chi connectivity index (χ1n) is 5.54. The van der Waals surface area contributed by atoms with Gasteiger partial charge in [0.25, 0.3) is 0 Å². The lowest BCUT2D eigenvalue weighted by molar-refractivity contribution is 0.110. The summed E-state index contributed by atoms with van der Waals surface area (Å²) in [5.41, 5.74) is 0.273. The van der Waals surface area contributed by atoms with Gasteiger partial charge >= 0.3 is 0 Å². The standard InChI is InChI=1S/C11H12FN3O4S/c1-20(17,18)11-9(5-14-15-11)19-10(6-16)8-3-2-7(12)4-13-8/h2-5,10,16H,6H2,1H3,(H,14,15). The van der Waals surface area contributed by atoms with Crippen LogP contribution in [0.1, 0.15) is 11.8 Å². The second kappa shape index (κ2) is 5.55. The first kappa shape index (κ1) is 14.4. The second-order valence-electron chi connectivity index (χ2n) is 4.03. The van der Waals surface area contributed by atoms with E-state index < -0.39 is 28.4 Å². The molecule has 0 spiro atoms. The molecule has 2 rings (SSSR count). The predicted octanol–water partition coefficient (Wildman–Crippen LogP) is 0.460. The van der Waals surface area contributed by atoms with Crippen LogP contribution in [0.15, 0.2) is 29.6 Å². The van der Waals surface area contributed by atoms with Crippen molar-refractivity contribution in [3.8, 4) is 5.75 Å². The number of halogens is 1. The summed E-state index contributed by atoms with van der Waals surface area (Å²) in [6.45, 7) is -0.451. The Balaban J connectivity index is 2.28. The van der Waals surface area contributed by atoms with Crippen molar-refractivity contribution in [3.63, 3.8) is 0 Å². The summed E-state index contributed by atoms with van der Waals surface area (Å²) in [7, 11) is -3.54. The van der Waals surface area contributed by atoms with Crippen LogP contribution in [0.2, 0.25) is 0 Å². The molecule has 0 amide bonds. The number of aromatic nitrogens is 3. The largest absolute Gasteiger partial charge is 0.477 e. The first-order valence-corrected chi connectivity index (χ1v) is 7.43. The van der Waals surface area contributed by atoms with Crippen molar-refractivity contribution in [1.82, 2.24) is 15.2 Å². The maximum atomic E-state index is 12.8. The number of H-pyrrole nitrogens is 1. The Bertz CT molecular complexity index is 684. The van der Waals surface area contributed by atoms with Crippen LogP contribution in [0, 0.1) is 5.82 Å². The summed E-state index contributed by atoms with van der Waals surface area (Å²) in [5.74, 6) is -0.553.